The van der Waals surface area contributed by atoms with Crippen LogP contribution in [-0.2, 0) is 0 Å². The van der Waals surface area contributed by atoms with Gasteiger partial charge >= 0.3 is 0 Å². The van der Waals surface area contributed by atoms with Crippen LogP contribution in [0.1, 0.15) is 44.3 Å². The van der Waals surface area contributed by atoms with Gasteiger partial charge in [-0.2, -0.15) is 0 Å². The molecule has 0 saturated carbocycles. The number of likely N-dealkylation sites (tertiary alicyclic amines) is 1. The van der Waals surface area contributed by atoms with Crippen LogP contribution >= 0.6 is 15.9 Å². The van der Waals surface area contributed by atoms with Gasteiger partial charge in [0.15, 0.2) is 0 Å². The van der Waals surface area contributed by atoms with Crippen molar-refractivity contribution in [2.45, 2.75) is 44.8 Å². The summed E-state index contributed by atoms with van der Waals surface area (Å²) in [5.41, 5.74) is 2.23. The summed E-state index contributed by atoms with van der Waals surface area (Å²) in [6.07, 6.45) is 4.93. The summed E-state index contributed by atoms with van der Waals surface area (Å²) in [6.45, 7) is 6.58. The number of anilines is 1. The Kier molecular flexibility index (Phi) is 4.87. The maximum absolute atomic E-state index is 10.0. The molecule has 2 unspecified atom stereocenters. The first-order chi connectivity index (χ1) is 10.1. The Morgan fingerprint density at radius 3 is 2.67 bits per heavy atom. The number of rotatable bonds is 3. The van der Waals surface area contributed by atoms with E-state index in [1.807, 2.05) is 13.0 Å². The fourth-order valence-corrected chi connectivity index (χ4v) is 4.07. The topological polar surface area (TPSA) is 26.7 Å². The molecule has 3 rings (SSSR count). The highest BCUT2D eigenvalue weighted by molar-refractivity contribution is 9.10. The van der Waals surface area contributed by atoms with Crippen molar-refractivity contribution >= 4 is 21.6 Å². The lowest BCUT2D eigenvalue weighted by molar-refractivity contribution is 0.174. The van der Waals surface area contributed by atoms with Gasteiger partial charge in [0, 0.05) is 34.9 Å². The largest absolute Gasteiger partial charge is 0.389 e. The van der Waals surface area contributed by atoms with Crippen LogP contribution in [0, 0.1) is 0 Å². The quantitative estimate of drug-likeness (QED) is 0.900. The van der Waals surface area contributed by atoms with E-state index in [4.69, 9.17) is 0 Å². The Hall–Kier alpha value is -0.580. The molecule has 2 atom stereocenters. The first-order valence-corrected chi connectivity index (χ1v) is 8.91. The molecule has 2 saturated heterocycles. The zero-order chi connectivity index (χ0) is 14.8. The van der Waals surface area contributed by atoms with E-state index in [2.05, 4.69) is 37.9 Å². The van der Waals surface area contributed by atoms with Crippen molar-refractivity contribution in [1.29, 1.82) is 0 Å². The number of hydrogen-bond donors (Lipinski definition) is 1. The summed E-state index contributed by atoms with van der Waals surface area (Å²) in [5.74, 6) is 0. The van der Waals surface area contributed by atoms with Crippen molar-refractivity contribution in [2.24, 2.45) is 0 Å². The molecular formula is C17H25BrN2O. The summed E-state index contributed by atoms with van der Waals surface area (Å²) >= 11 is 3.51. The summed E-state index contributed by atoms with van der Waals surface area (Å²) in [7, 11) is 0. The molecule has 2 fully saturated rings. The van der Waals surface area contributed by atoms with Crippen LogP contribution in [0.3, 0.4) is 0 Å². The van der Waals surface area contributed by atoms with Crippen LogP contribution in [0.2, 0.25) is 0 Å². The predicted octanol–water partition coefficient (Wildman–Crippen LogP) is 3.57. The lowest BCUT2D eigenvalue weighted by Gasteiger charge is -2.32. The zero-order valence-corrected chi connectivity index (χ0v) is 14.3. The Morgan fingerprint density at radius 2 is 1.95 bits per heavy atom. The molecule has 4 heteroatoms. The van der Waals surface area contributed by atoms with Gasteiger partial charge in [0.25, 0.3) is 0 Å². The number of hydrogen-bond acceptors (Lipinski definition) is 3. The normalized spacial score (nSPS) is 25.3. The lowest BCUT2D eigenvalue weighted by Crippen LogP contribution is -2.41. The molecule has 1 aromatic carbocycles. The standard InChI is InChI=1S/C17H25BrN2O/c1-13(21)16-11-14(18)5-6-17(16)20-10-7-15(12-20)19-8-3-2-4-9-19/h5-6,11,13,15,21H,2-4,7-10,12H2,1H3. The molecule has 2 aliphatic heterocycles. The summed E-state index contributed by atoms with van der Waals surface area (Å²) in [5, 5.41) is 10.0. The molecule has 0 aromatic heterocycles. The van der Waals surface area contributed by atoms with E-state index in [-0.39, 0.29) is 0 Å². The second-order valence-corrected chi connectivity index (χ2v) is 7.28. The molecular weight excluding hydrogens is 328 g/mol. The molecule has 3 nitrogen and oxygen atoms in total. The number of aliphatic hydroxyl groups is 1. The van der Waals surface area contributed by atoms with E-state index in [0.29, 0.717) is 6.04 Å². The number of piperidine rings is 1. The molecule has 116 valence electrons. The van der Waals surface area contributed by atoms with Crippen molar-refractivity contribution in [3.8, 4) is 0 Å². The summed E-state index contributed by atoms with van der Waals surface area (Å²) < 4.78 is 1.04. The fraction of sp³-hybridized carbons (Fsp3) is 0.647. The van der Waals surface area contributed by atoms with Gasteiger partial charge < -0.3 is 10.0 Å². The Labute approximate surface area is 136 Å². The highest BCUT2D eigenvalue weighted by atomic mass is 79.9. The number of benzene rings is 1. The van der Waals surface area contributed by atoms with Gasteiger partial charge in [0.2, 0.25) is 0 Å². The molecule has 0 aliphatic carbocycles. The molecule has 2 heterocycles. The van der Waals surface area contributed by atoms with Gasteiger partial charge in [-0.05, 0) is 57.5 Å². The van der Waals surface area contributed by atoms with Crippen LogP contribution in [0.25, 0.3) is 0 Å². The Morgan fingerprint density at radius 1 is 1.19 bits per heavy atom. The van der Waals surface area contributed by atoms with Gasteiger partial charge in [0.1, 0.15) is 0 Å². The summed E-state index contributed by atoms with van der Waals surface area (Å²) in [6, 6.07) is 6.96. The third-order valence-corrected chi connectivity index (χ3v) is 5.34. The van der Waals surface area contributed by atoms with Crippen LogP contribution < -0.4 is 4.90 Å². The third-order valence-electron chi connectivity index (χ3n) is 4.85. The van der Waals surface area contributed by atoms with E-state index in [9.17, 15) is 5.11 Å². The molecule has 0 spiro atoms. The molecule has 1 aromatic rings. The van der Waals surface area contributed by atoms with E-state index < -0.39 is 6.10 Å². The number of nitrogens with zero attached hydrogens (tertiary/aromatic N) is 2. The maximum Gasteiger partial charge on any atom is 0.0782 e. The van der Waals surface area contributed by atoms with E-state index in [1.165, 1.54) is 44.5 Å². The minimum Gasteiger partial charge on any atom is -0.389 e. The summed E-state index contributed by atoms with van der Waals surface area (Å²) in [4.78, 5) is 5.12. The Balaban J connectivity index is 1.73. The third kappa shape index (κ3) is 3.43. The monoisotopic (exact) mass is 352 g/mol. The van der Waals surface area contributed by atoms with Gasteiger partial charge in [-0.15, -0.1) is 0 Å². The van der Waals surface area contributed by atoms with E-state index in [0.717, 1.165) is 23.1 Å². The second kappa shape index (κ2) is 6.67. The van der Waals surface area contributed by atoms with Crippen molar-refractivity contribution in [3.63, 3.8) is 0 Å². The lowest BCUT2D eigenvalue weighted by atomic mass is 10.1. The minimum absolute atomic E-state index is 0.425. The first kappa shape index (κ1) is 15.3. The molecule has 21 heavy (non-hydrogen) atoms. The molecule has 2 aliphatic rings. The average Bonchev–Trinajstić information content (AvgIpc) is 2.97. The Bertz CT molecular complexity index is 486. The first-order valence-electron chi connectivity index (χ1n) is 8.11. The SMILES string of the molecule is CC(O)c1cc(Br)ccc1N1CCC(N2CCCCC2)C1. The number of aliphatic hydroxyl groups excluding tert-OH is 1. The second-order valence-electron chi connectivity index (χ2n) is 6.36. The van der Waals surface area contributed by atoms with Crippen molar-refractivity contribution < 1.29 is 5.11 Å². The van der Waals surface area contributed by atoms with Crippen LogP contribution in [0.5, 0.6) is 0 Å². The average molecular weight is 353 g/mol. The van der Waals surface area contributed by atoms with E-state index in [1.54, 1.807) is 0 Å². The number of halogens is 1. The van der Waals surface area contributed by atoms with Crippen molar-refractivity contribution in [1.82, 2.24) is 4.90 Å². The highest BCUT2D eigenvalue weighted by Crippen LogP contribution is 2.32. The van der Waals surface area contributed by atoms with Crippen LogP contribution in [0.15, 0.2) is 22.7 Å². The predicted molar refractivity (Wildman–Crippen MR) is 90.8 cm³/mol. The fourth-order valence-electron chi connectivity index (χ4n) is 3.69. The van der Waals surface area contributed by atoms with Gasteiger partial charge in [0.05, 0.1) is 6.10 Å². The van der Waals surface area contributed by atoms with Gasteiger partial charge in [-0.1, -0.05) is 22.4 Å². The van der Waals surface area contributed by atoms with Gasteiger partial charge in [-0.3, -0.25) is 4.90 Å². The highest BCUT2D eigenvalue weighted by Gasteiger charge is 2.29. The van der Waals surface area contributed by atoms with E-state index >= 15 is 0 Å². The smallest absolute Gasteiger partial charge is 0.0782 e. The molecule has 0 amide bonds. The van der Waals surface area contributed by atoms with Crippen LogP contribution in [-0.4, -0.2) is 42.2 Å². The molecule has 0 bridgehead atoms. The maximum atomic E-state index is 10.0. The zero-order valence-electron chi connectivity index (χ0n) is 12.8. The van der Waals surface area contributed by atoms with Crippen molar-refractivity contribution in [2.75, 3.05) is 31.1 Å². The van der Waals surface area contributed by atoms with Gasteiger partial charge in [-0.25, -0.2) is 0 Å². The van der Waals surface area contributed by atoms with Crippen molar-refractivity contribution in [3.05, 3.63) is 28.2 Å². The minimum atomic E-state index is -0.425. The van der Waals surface area contributed by atoms with Crippen LogP contribution in [0.4, 0.5) is 5.69 Å². The molecule has 1 N–H and O–H groups in total. The molecule has 0 radical (unpaired) electrons.